The number of allylic oxidation sites excluding steroid dienone is 1. The summed E-state index contributed by atoms with van der Waals surface area (Å²) >= 11 is 0. The predicted octanol–water partition coefficient (Wildman–Crippen LogP) is 8.89. The third-order valence-electron chi connectivity index (χ3n) is 9.87. The second-order valence-corrected chi connectivity index (χ2v) is 15.7. The molecule has 60 heavy (non-hydrogen) atoms. The van der Waals surface area contributed by atoms with E-state index in [-0.39, 0.29) is 18.4 Å². The minimum atomic E-state index is -1.60. The van der Waals surface area contributed by atoms with Crippen molar-refractivity contribution in [3.05, 3.63) is 143 Å². The van der Waals surface area contributed by atoms with Crippen LogP contribution in [0.4, 0.5) is 0 Å². The lowest BCUT2D eigenvalue weighted by molar-refractivity contribution is -0.151. The molecule has 0 saturated carbocycles. The maximum Gasteiger partial charge on any atom is 0.326 e. The van der Waals surface area contributed by atoms with E-state index in [0.29, 0.717) is 29.1 Å². The van der Waals surface area contributed by atoms with Crippen LogP contribution < -0.4 is 15.4 Å². The molecule has 0 unspecified atom stereocenters. The number of unbranched alkanes of at least 4 members (excludes halogenated alkanes) is 4. The van der Waals surface area contributed by atoms with Gasteiger partial charge in [-0.1, -0.05) is 132 Å². The number of rotatable bonds is 21. The van der Waals surface area contributed by atoms with E-state index in [1.54, 1.807) is 66.9 Å². The van der Waals surface area contributed by atoms with Crippen LogP contribution in [0.2, 0.25) is 0 Å². The molecule has 3 N–H and O–H groups in total. The van der Waals surface area contributed by atoms with Gasteiger partial charge in [0.15, 0.2) is 5.84 Å². The number of aliphatic imine (C=N–C) groups is 2. The fraction of sp³-hybridized carbons (Fsp3) is 0.347. The van der Waals surface area contributed by atoms with E-state index in [1.165, 1.54) is 25.7 Å². The summed E-state index contributed by atoms with van der Waals surface area (Å²) in [5.74, 6) is -2.31. The molecule has 0 aliphatic carbocycles. The quantitative estimate of drug-likeness (QED) is 0.0328. The molecule has 0 heterocycles. The van der Waals surface area contributed by atoms with Crippen molar-refractivity contribution in [2.24, 2.45) is 9.98 Å². The van der Waals surface area contributed by atoms with Crippen LogP contribution in [-0.2, 0) is 37.6 Å². The summed E-state index contributed by atoms with van der Waals surface area (Å²) in [7, 11) is 0. The minimum Gasteiger partial charge on any atom is -0.494 e. The van der Waals surface area contributed by atoms with Gasteiger partial charge < -0.3 is 25.2 Å². The maximum absolute atomic E-state index is 13.8. The van der Waals surface area contributed by atoms with Gasteiger partial charge in [0.05, 0.1) is 13.0 Å². The Kier molecular flexibility index (Phi) is 18.0. The van der Waals surface area contributed by atoms with Crippen LogP contribution in [0.5, 0.6) is 5.75 Å². The fourth-order valence-corrected chi connectivity index (χ4v) is 6.18. The van der Waals surface area contributed by atoms with Crippen molar-refractivity contribution in [3.63, 3.8) is 0 Å². The Labute approximate surface area is 354 Å². The SMILES string of the molecule is C=NC(=N/C=C(\C)c1ccc(OCCCCCCC)cc1)c1ccc(C[C@H](NC(=O)c2ccc(C(C)(C)C)cc2)C(=O)N[C@@H](CC(=O)OCc2ccccc2)C(=O)O)cc1. The Hall–Kier alpha value is -6.36. The molecular weight excluding hydrogens is 757 g/mol. The van der Waals surface area contributed by atoms with Crippen molar-refractivity contribution >= 4 is 41.9 Å². The molecule has 2 atom stereocenters. The van der Waals surface area contributed by atoms with Gasteiger partial charge in [0.1, 0.15) is 24.4 Å². The first kappa shape index (κ1) is 46.3. The summed E-state index contributed by atoms with van der Waals surface area (Å²) in [4.78, 5) is 60.9. The summed E-state index contributed by atoms with van der Waals surface area (Å²) in [6.45, 7) is 14.7. The largest absolute Gasteiger partial charge is 0.494 e. The molecule has 0 radical (unpaired) electrons. The molecule has 0 saturated heterocycles. The van der Waals surface area contributed by atoms with Gasteiger partial charge in [-0.25, -0.2) is 14.8 Å². The number of carbonyl (C=O) groups excluding carboxylic acids is 3. The zero-order valence-electron chi connectivity index (χ0n) is 35.4. The van der Waals surface area contributed by atoms with Crippen LogP contribution in [0, 0.1) is 0 Å². The Morgan fingerprint density at radius 3 is 2.02 bits per heavy atom. The van der Waals surface area contributed by atoms with Crippen LogP contribution in [0.1, 0.15) is 111 Å². The molecule has 0 aliphatic heterocycles. The lowest BCUT2D eigenvalue weighted by Crippen LogP contribution is -2.53. The number of benzene rings is 4. The summed E-state index contributed by atoms with van der Waals surface area (Å²) < 4.78 is 11.2. The van der Waals surface area contributed by atoms with Gasteiger partial charge in [0.2, 0.25) is 5.91 Å². The third-order valence-corrected chi connectivity index (χ3v) is 9.87. The van der Waals surface area contributed by atoms with Crippen molar-refractivity contribution in [1.29, 1.82) is 0 Å². The monoisotopic (exact) mass is 814 g/mol. The number of hydrogen-bond donors (Lipinski definition) is 3. The van der Waals surface area contributed by atoms with Crippen LogP contribution >= 0.6 is 0 Å². The average Bonchev–Trinajstić information content (AvgIpc) is 3.24. The fourth-order valence-electron chi connectivity index (χ4n) is 6.18. The lowest BCUT2D eigenvalue weighted by atomic mass is 9.86. The molecule has 4 aromatic rings. The number of amides is 2. The second kappa shape index (κ2) is 23.3. The van der Waals surface area contributed by atoms with E-state index in [2.05, 4.69) is 55.0 Å². The van der Waals surface area contributed by atoms with Gasteiger partial charge in [0, 0.05) is 23.7 Å². The number of nitrogens with zero attached hydrogens (tertiary/aromatic N) is 2. The second-order valence-electron chi connectivity index (χ2n) is 15.7. The molecule has 316 valence electrons. The van der Waals surface area contributed by atoms with Crippen molar-refractivity contribution in [2.75, 3.05) is 6.61 Å². The van der Waals surface area contributed by atoms with Crippen LogP contribution in [0.15, 0.2) is 119 Å². The van der Waals surface area contributed by atoms with Crippen molar-refractivity contribution < 1.29 is 33.8 Å². The molecule has 4 rings (SSSR count). The van der Waals surface area contributed by atoms with E-state index >= 15 is 0 Å². The number of carbonyl (C=O) groups is 4. The highest BCUT2D eigenvalue weighted by Gasteiger charge is 2.29. The molecule has 0 bridgehead atoms. The first-order valence-electron chi connectivity index (χ1n) is 20.4. The molecule has 4 aromatic carbocycles. The summed E-state index contributed by atoms with van der Waals surface area (Å²) in [6, 6.07) is 28.2. The molecular formula is C49H58N4O7. The summed E-state index contributed by atoms with van der Waals surface area (Å²) in [5.41, 5.74) is 5.19. The van der Waals surface area contributed by atoms with Gasteiger partial charge >= 0.3 is 11.9 Å². The number of ether oxygens (including phenoxy) is 2. The number of carboxylic acid groups (broad SMARTS) is 1. The molecule has 0 fully saturated rings. The lowest BCUT2D eigenvalue weighted by Gasteiger charge is -2.22. The van der Waals surface area contributed by atoms with E-state index in [9.17, 15) is 24.3 Å². The number of esters is 1. The van der Waals surface area contributed by atoms with Gasteiger partial charge in [-0.15, -0.1) is 0 Å². The summed E-state index contributed by atoms with van der Waals surface area (Å²) in [5, 5.41) is 15.2. The highest BCUT2D eigenvalue weighted by atomic mass is 16.5. The van der Waals surface area contributed by atoms with Crippen molar-refractivity contribution in [1.82, 2.24) is 10.6 Å². The van der Waals surface area contributed by atoms with E-state index in [4.69, 9.17) is 9.47 Å². The normalized spacial score (nSPS) is 12.8. The maximum atomic E-state index is 13.8. The van der Waals surface area contributed by atoms with Crippen molar-refractivity contribution in [3.8, 4) is 5.75 Å². The van der Waals surface area contributed by atoms with E-state index in [1.807, 2.05) is 49.4 Å². The Bertz CT molecular complexity index is 2090. The Morgan fingerprint density at radius 1 is 0.767 bits per heavy atom. The summed E-state index contributed by atoms with van der Waals surface area (Å²) in [6.07, 6.45) is 7.03. The highest BCUT2D eigenvalue weighted by Crippen LogP contribution is 2.23. The molecule has 0 aromatic heterocycles. The Morgan fingerprint density at radius 2 is 1.40 bits per heavy atom. The third kappa shape index (κ3) is 15.1. The average molecular weight is 815 g/mol. The standard InChI is InChI=1S/C49H58N4O7/c1-7-8-9-10-14-29-59-41-27-23-37(24-28-41)34(2)32-51-45(50-6)38-19-17-35(18-20-38)30-42(52-46(55)39-21-25-40(26-22-39)49(3,4)5)47(56)53-43(48(57)58)31-44(54)60-33-36-15-12-11-13-16-36/h11-13,15-28,32,42-43H,6-10,14,29-31,33H2,1-5H3,(H,52,55)(H,53,56)(H,57,58)/b34-32+,51-45?/t42-,43-/m0/s1. The van der Waals surface area contributed by atoms with Crippen LogP contribution in [0.25, 0.3) is 5.57 Å². The number of carboxylic acids is 1. The van der Waals surface area contributed by atoms with Gasteiger partial charge in [-0.3, -0.25) is 14.4 Å². The number of amidine groups is 1. The molecule has 0 aliphatic rings. The first-order valence-corrected chi connectivity index (χ1v) is 20.4. The Balaban J connectivity index is 1.47. The van der Waals surface area contributed by atoms with Gasteiger partial charge in [0.25, 0.3) is 5.91 Å². The first-order chi connectivity index (χ1) is 28.8. The molecule has 0 spiro atoms. The molecule has 11 heteroatoms. The number of aliphatic carboxylic acids is 1. The van der Waals surface area contributed by atoms with Crippen LogP contribution in [0.3, 0.4) is 0 Å². The number of hydrogen-bond acceptors (Lipinski definition) is 7. The molecule has 2 amide bonds. The predicted molar refractivity (Wildman–Crippen MR) is 237 cm³/mol. The van der Waals surface area contributed by atoms with Gasteiger partial charge in [-0.05, 0) is 77.6 Å². The highest BCUT2D eigenvalue weighted by molar-refractivity contribution is 6.02. The zero-order valence-corrected chi connectivity index (χ0v) is 35.4. The topological polar surface area (TPSA) is 156 Å². The minimum absolute atomic E-state index is 0.00823. The smallest absolute Gasteiger partial charge is 0.326 e. The zero-order chi connectivity index (χ0) is 43.5. The van der Waals surface area contributed by atoms with E-state index < -0.39 is 42.3 Å². The van der Waals surface area contributed by atoms with Gasteiger partial charge in [-0.2, -0.15) is 0 Å². The van der Waals surface area contributed by atoms with Crippen LogP contribution in [-0.4, -0.2) is 60.1 Å². The van der Waals surface area contributed by atoms with E-state index in [0.717, 1.165) is 34.4 Å². The molecule has 11 nitrogen and oxygen atoms in total. The van der Waals surface area contributed by atoms with Crippen molar-refractivity contribution in [2.45, 2.75) is 104 Å². The number of nitrogens with one attached hydrogen (secondary N) is 2.